The van der Waals surface area contributed by atoms with Crippen molar-refractivity contribution in [3.05, 3.63) is 47.9 Å². The minimum Gasteiger partial charge on any atom is -0.467 e. The topological polar surface area (TPSA) is 71.5 Å². The Bertz CT molecular complexity index is 591. The highest BCUT2D eigenvalue weighted by Crippen LogP contribution is 2.22. The molecule has 20 heavy (non-hydrogen) atoms. The molecule has 0 saturated carbocycles. The van der Waals surface area contributed by atoms with Crippen molar-refractivity contribution in [3.8, 4) is 0 Å². The van der Waals surface area contributed by atoms with Gasteiger partial charge in [-0.2, -0.15) is 0 Å². The summed E-state index contributed by atoms with van der Waals surface area (Å²) in [6, 6.07) is 8.71. The molecular formula is C15H19N3O2. The summed E-state index contributed by atoms with van der Waals surface area (Å²) < 4.78 is 5.26. The summed E-state index contributed by atoms with van der Waals surface area (Å²) in [5.41, 5.74) is 7.95. The normalized spacial score (nSPS) is 11.9. The lowest BCUT2D eigenvalue weighted by Gasteiger charge is -2.16. The van der Waals surface area contributed by atoms with Crippen LogP contribution in [0.3, 0.4) is 0 Å². The number of furan rings is 1. The van der Waals surface area contributed by atoms with Crippen LogP contribution in [-0.4, -0.2) is 20.0 Å². The van der Waals surface area contributed by atoms with E-state index in [0.717, 1.165) is 11.4 Å². The highest BCUT2D eigenvalue weighted by Gasteiger charge is 2.14. The van der Waals surface area contributed by atoms with Gasteiger partial charge in [-0.1, -0.05) is 0 Å². The van der Waals surface area contributed by atoms with Crippen molar-refractivity contribution in [2.24, 2.45) is 0 Å². The van der Waals surface area contributed by atoms with Gasteiger partial charge in [-0.05, 0) is 37.3 Å². The number of amides is 1. The first-order valence-corrected chi connectivity index (χ1v) is 6.40. The summed E-state index contributed by atoms with van der Waals surface area (Å²) in [6.07, 6.45) is 1.59. The van der Waals surface area contributed by atoms with E-state index >= 15 is 0 Å². The maximum absolute atomic E-state index is 12.2. The van der Waals surface area contributed by atoms with E-state index in [4.69, 9.17) is 10.2 Å². The van der Waals surface area contributed by atoms with Crippen LogP contribution in [0.2, 0.25) is 0 Å². The number of nitrogens with one attached hydrogen (secondary N) is 1. The van der Waals surface area contributed by atoms with Crippen LogP contribution in [0.15, 0.2) is 41.0 Å². The zero-order valence-electron chi connectivity index (χ0n) is 11.9. The van der Waals surface area contributed by atoms with Crippen molar-refractivity contribution in [2.45, 2.75) is 13.0 Å². The Hall–Kier alpha value is -2.43. The largest absolute Gasteiger partial charge is 0.467 e. The van der Waals surface area contributed by atoms with Crippen molar-refractivity contribution >= 4 is 17.3 Å². The van der Waals surface area contributed by atoms with E-state index in [0.29, 0.717) is 11.3 Å². The second-order valence-corrected chi connectivity index (χ2v) is 4.88. The fourth-order valence-corrected chi connectivity index (χ4v) is 1.99. The summed E-state index contributed by atoms with van der Waals surface area (Å²) in [4.78, 5) is 14.1. The minimum absolute atomic E-state index is 0.175. The number of carbonyl (C=O) groups excluding carboxylic acids is 1. The zero-order chi connectivity index (χ0) is 14.7. The summed E-state index contributed by atoms with van der Waals surface area (Å²) in [6.45, 7) is 1.87. The third kappa shape index (κ3) is 2.93. The van der Waals surface area contributed by atoms with Gasteiger partial charge in [0.05, 0.1) is 23.7 Å². The van der Waals surface area contributed by atoms with E-state index in [1.807, 2.05) is 38.1 Å². The number of nitrogen functional groups attached to an aromatic ring is 1. The quantitative estimate of drug-likeness (QED) is 0.839. The number of anilines is 2. The summed E-state index contributed by atoms with van der Waals surface area (Å²) in [5, 5.41) is 2.87. The number of nitrogens with two attached hydrogens (primary N) is 1. The average Bonchev–Trinajstić information content (AvgIpc) is 2.91. The van der Waals surface area contributed by atoms with Gasteiger partial charge in [0.15, 0.2) is 0 Å². The Kier molecular flexibility index (Phi) is 3.98. The predicted molar refractivity (Wildman–Crippen MR) is 79.8 cm³/mol. The molecule has 1 atom stereocenters. The molecule has 1 aromatic heterocycles. The van der Waals surface area contributed by atoms with Crippen LogP contribution in [0.1, 0.15) is 29.1 Å². The first-order chi connectivity index (χ1) is 9.49. The van der Waals surface area contributed by atoms with Crippen molar-refractivity contribution < 1.29 is 9.21 Å². The first-order valence-electron chi connectivity index (χ1n) is 6.40. The molecule has 2 rings (SSSR count). The summed E-state index contributed by atoms with van der Waals surface area (Å²) in [5.74, 6) is 0.544. The fraction of sp³-hybridized carbons (Fsp3) is 0.267. The lowest BCUT2D eigenvalue weighted by molar-refractivity contribution is 0.0935. The van der Waals surface area contributed by atoms with E-state index in [1.165, 1.54) is 0 Å². The van der Waals surface area contributed by atoms with Crippen LogP contribution in [0, 0.1) is 0 Å². The zero-order valence-corrected chi connectivity index (χ0v) is 11.9. The molecule has 1 unspecified atom stereocenters. The Labute approximate surface area is 118 Å². The van der Waals surface area contributed by atoms with Crippen LogP contribution in [-0.2, 0) is 0 Å². The number of hydrogen-bond donors (Lipinski definition) is 2. The van der Waals surface area contributed by atoms with Crippen LogP contribution < -0.4 is 16.0 Å². The number of rotatable bonds is 4. The number of hydrogen-bond acceptors (Lipinski definition) is 4. The van der Waals surface area contributed by atoms with Gasteiger partial charge >= 0.3 is 0 Å². The third-order valence-electron chi connectivity index (χ3n) is 3.09. The van der Waals surface area contributed by atoms with Crippen LogP contribution >= 0.6 is 0 Å². The molecule has 106 valence electrons. The lowest BCUT2D eigenvalue weighted by Crippen LogP contribution is -2.26. The van der Waals surface area contributed by atoms with Gasteiger partial charge in [-0.3, -0.25) is 4.79 Å². The minimum atomic E-state index is -0.188. The first kappa shape index (κ1) is 14.0. The molecular weight excluding hydrogens is 254 g/mol. The van der Waals surface area contributed by atoms with Crippen LogP contribution in [0.25, 0.3) is 0 Å². The highest BCUT2D eigenvalue weighted by atomic mass is 16.3. The predicted octanol–water partition coefficient (Wildman–Crippen LogP) is 2.42. The van der Waals surface area contributed by atoms with Gasteiger partial charge < -0.3 is 20.4 Å². The molecule has 0 aliphatic rings. The maximum Gasteiger partial charge on any atom is 0.251 e. The Morgan fingerprint density at radius 2 is 2.10 bits per heavy atom. The Morgan fingerprint density at radius 3 is 2.65 bits per heavy atom. The monoisotopic (exact) mass is 273 g/mol. The molecule has 0 saturated heterocycles. The van der Waals surface area contributed by atoms with E-state index in [9.17, 15) is 4.79 Å². The molecule has 0 bridgehead atoms. The van der Waals surface area contributed by atoms with Gasteiger partial charge in [0.2, 0.25) is 0 Å². The van der Waals surface area contributed by atoms with Crippen molar-refractivity contribution in [2.75, 3.05) is 24.7 Å². The molecule has 3 N–H and O–H groups in total. The molecule has 2 aromatic rings. The molecule has 0 fully saturated rings. The van der Waals surface area contributed by atoms with Crippen LogP contribution in [0.4, 0.5) is 11.4 Å². The molecule has 1 heterocycles. The molecule has 1 aromatic carbocycles. The molecule has 0 spiro atoms. The molecule has 0 aliphatic carbocycles. The van der Waals surface area contributed by atoms with Gasteiger partial charge in [-0.15, -0.1) is 0 Å². The Morgan fingerprint density at radius 1 is 1.35 bits per heavy atom. The van der Waals surface area contributed by atoms with Gasteiger partial charge in [0.25, 0.3) is 5.91 Å². The second kappa shape index (κ2) is 5.69. The molecule has 5 nitrogen and oxygen atoms in total. The summed E-state index contributed by atoms with van der Waals surface area (Å²) in [7, 11) is 3.81. The van der Waals surface area contributed by atoms with Crippen LogP contribution in [0.5, 0.6) is 0 Å². The van der Waals surface area contributed by atoms with E-state index in [-0.39, 0.29) is 11.9 Å². The van der Waals surface area contributed by atoms with E-state index in [2.05, 4.69) is 5.32 Å². The number of benzene rings is 1. The molecule has 5 heteroatoms. The van der Waals surface area contributed by atoms with Gasteiger partial charge in [-0.25, -0.2) is 0 Å². The average molecular weight is 273 g/mol. The maximum atomic E-state index is 12.2. The standard InChI is InChI=1S/C15H19N3O2/c1-10(14-5-4-8-20-14)17-15(19)11-6-7-13(18(2)3)12(16)9-11/h4-10H,16H2,1-3H3,(H,17,19). The molecule has 0 aliphatic heterocycles. The lowest BCUT2D eigenvalue weighted by atomic mass is 10.1. The van der Waals surface area contributed by atoms with E-state index in [1.54, 1.807) is 24.5 Å². The number of nitrogens with zero attached hydrogens (tertiary/aromatic N) is 1. The molecule has 1 amide bonds. The van der Waals surface area contributed by atoms with E-state index < -0.39 is 0 Å². The Balaban J connectivity index is 2.12. The van der Waals surface area contributed by atoms with Gasteiger partial charge in [0, 0.05) is 19.7 Å². The van der Waals surface area contributed by atoms with Crippen molar-refractivity contribution in [1.29, 1.82) is 0 Å². The molecule has 0 radical (unpaired) electrons. The highest BCUT2D eigenvalue weighted by molar-refractivity contribution is 5.96. The van der Waals surface area contributed by atoms with Crippen molar-refractivity contribution in [3.63, 3.8) is 0 Å². The van der Waals surface area contributed by atoms with Gasteiger partial charge in [0.1, 0.15) is 5.76 Å². The third-order valence-corrected chi connectivity index (χ3v) is 3.09. The smallest absolute Gasteiger partial charge is 0.251 e. The SMILES string of the molecule is CC(NC(=O)c1ccc(N(C)C)c(N)c1)c1ccco1. The summed E-state index contributed by atoms with van der Waals surface area (Å²) >= 11 is 0. The number of carbonyl (C=O) groups is 1. The second-order valence-electron chi connectivity index (χ2n) is 4.88. The fourth-order valence-electron chi connectivity index (χ4n) is 1.99. The van der Waals surface area contributed by atoms with Crippen molar-refractivity contribution in [1.82, 2.24) is 5.32 Å².